The number of alkyl halides is 3. The highest BCUT2D eigenvalue weighted by Crippen LogP contribution is 2.42. The molecule has 1 amide bonds. The Morgan fingerprint density at radius 3 is 2.66 bits per heavy atom. The molecule has 2 aliphatic heterocycles. The van der Waals surface area contributed by atoms with Gasteiger partial charge in [0.25, 0.3) is 16.0 Å². The molecule has 0 radical (unpaired) electrons. The van der Waals surface area contributed by atoms with Crippen molar-refractivity contribution in [3.05, 3.63) is 16.3 Å². The number of hydrogen-bond acceptors (Lipinski definition) is 10. The van der Waals surface area contributed by atoms with Crippen molar-refractivity contribution in [2.75, 3.05) is 11.5 Å². The largest absolute Gasteiger partial charge is 0.477 e. The van der Waals surface area contributed by atoms with E-state index in [0.717, 1.165) is 28.0 Å². The van der Waals surface area contributed by atoms with Gasteiger partial charge in [0.05, 0.1) is 11.4 Å². The first-order chi connectivity index (χ1) is 14.7. The smallest absolute Gasteiger partial charge is 0.395 e. The first-order valence-corrected chi connectivity index (χ1v) is 13.3. The van der Waals surface area contributed by atoms with Gasteiger partial charge in [-0.25, -0.2) is 4.79 Å². The lowest BCUT2D eigenvalue weighted by Gasteiger charge is -2.49. The van der Waals surface area contributed by atoms with Crippen LogP contribution in [-0.2, 0) is 25.5 Å². The number of nitrogens with zero attached hydrogens (tertiary/aromatic N) is 3. The zero-order chi connectivity index (χ0) is 23.8. The fraction of sp³-hybridized carbons (Fsp3) is 0.500. The lowest BCUT2D eigenvalue weighted by Crippen LogP contribution is -2.70. The monoisotopic (exact) mass is 550 g/mol. The summed E-state index contributed by atoms with van der Waals surface area (Å²) in [5.41, 5.74) is 0.133. The molecule has 0 aliphatic carbocycles. The highest BCUT2D eigenvalue weighted by molar-refractivity contribution is 8.01. The van der Waals surface area contributed by atoms with Crippen molar-refractivity contribution in [3.63, 3.8) is 0 Å². The summed E-state index contributed by atoms with van der Waals surface area (Å²) in [4.78, 5) is 24.7. The molecule has 2 aliphatic rings. The SMILES string of the molecule is O=C(O)C1=C(CSc2nnc(CS(=O)(=O)O)s2)CS[C@@H]2C(NC(=S)CC(F)(F)F)C(=O)N12. The minimum atomic E-state index is -4.53. The van der Waals surface area contributed by atoms with Crippen molar-refractivity contribution >= 4 is 74.1 Å². The fourth-order valence-electron chi connectivity index (χ4n) is 2.86. The number of aromatic nitrogens is 2. The van der Waals surface area contributed by atoms with Crippen LogP contribution in [-0.4, -0.2) is 79.1 Å². The maximum atomic E-state index is 12.5. The minimum absolute atomic E-state index is 0.0576. The number of nitrogens with one attached hydrogen (secondary N) is 1. The summed E-state index contributed by atoms with van der Waals surface area (Å²) in [5, 5.41) is 18.7. The summed E-state index contributed by atoms with van der Waals surface area (Å²) in [6, 6.07) is -1.05. The predicted octanol–water partition coefficient (Wildman–Crippen LogP) is 1.51. The second-order valence-electron chi connectivity index (χ2n) is 6.48. The molecule has 1 saturated heterocycles. The van der Waals surface area contributed by atoms with Gasteiger partial charge in [0.15, 0.2) is 4.34 Å². The number of carbonyl (C=O) groups is 2. The van der Waals surface area contributed by atoms with Gasteiger partial charge in [-0.3, -0.25) is 14.2 Å². The van der Waals surface area contributed by atoms with E-state index in [0.29, 0.717) is 9.91 Å². The number of thiocarbonyl (C=S) groups is 1. The molecule has 1 unspecified atom stereocenters. The standard InChI is InChI=1S/C14H13F3N4O6S5/c15-14(16,17)1-6(28)18-8-10(22)21-9(12(23)24)5(2-29-11(8)21)3-30-13-20-19-7(31-13)4-32(25,26)27/h8,11H,1-4H2,(H,18,28)(H,23,24)(H,25,26,27)/t8?,11-/m1/s1. The summed E-state index contributed by atoms with van der Waals surface area (Å²) >= 11 is 7.83. The van der Waals surface area contributed by atoms with E-state index < -0.39 is 56.7 Å². The van der Waals surface area contributed by atoms with Crippen LogP contribution in [0.4, 0.5) is 13.2 Å². The summed E-state index contributed by atoms with van der Waals surface area (Å²) < 4.78 is 68.4. The number of hydrogen-bond donors (Lipinski definition) is 3. The third kappa shape index (κ3) is 6.10. The molecule has 2 atom stereocenters. The number of thioether (sulfide) groups is 2. The summed E-state index contributed by atoms with van der Waals surface area (Å²) in [5.74, 6) is -2.45. The zero-order valence-corrected chi connectivity index (χ0v) is 19.6. The highest BCUT2D eigenvalue weighted by Gasteiger charge is 2.54. The van der Waals surface area contributed by atoms with Gasteiger partial charge < -0.3 is 10.4 Å². The molecule has 1 fully saturated rings. The van der Waals surface area contributed by atoms with E-state index in [1.165, 1.54) is 11.8 Å². The first kappa shape index (κ1) is 25.2. The number of halogens is 3. The fourth-order valence-corrected chi connectivity index (χ4v) is 7.38. The van der Waals surface area contributed by atoms with Crippen LogP contribution in [0.3, 0.4) is 0 Å². The zero-order valence-electron chi connectivity index (χ0n) is 15.5. The van der Waals surface area contributed by atoms with E-state index in [9.17, 15) is 36.3 Å². The highest BCUT2D eigenvalue weighted by atomic mass is 32.2. The van der Waals surface area contributed by atoms with Crippen molar-refractivity contribution in [1.82, 2.24) is 20.4 Å². The van der Waals surface area contributed by atoms with Gasteiger partial charge in [-0.05, 0) is 5.57 Å². The summed E-state index contributed by atoms with van der Waals surface area (Å²) in [6.45, 7) is 0. The van der Waals surface area contributed by atoms with Gasteiger partial charge in [0.2, 0.25) is 0 Å². The number of amides is 1. The molecule has 3 rings (SSSR count). The van der Waals surface area contributed by atoms with Crippen LogP contribution >= 0.6 is 47.1 Å². The van der Waals surface area contributed by atoms with Gasteiger partial charge in [-0.1, -0.05) is 35.3 Å². The molecule has 0 aromatic carbocycles. The Kier molecular flexibility index (Phi) is 7.40. The molecular formula is C14H13F3N4O6S5. The first-order valence-electron chi connectivity index (χ1n) is 8.41. The van der Waals surface area contributed by atoms with Crippen LogP contribution in [0.15, 0.2) is 15.6 Å². The Hall–Kier alpha value is -1.47. The minimum Gasteiger partial charge on any atom is -0.477 e. The third-order valence-electron chi connectivity index (χ3n) is 4.05. The second-order valence-corrected chi connectivity index (χ2v) is 11.8. The number of β-lactam (4-membered cyclic amide) rings is 1. The average Bonchev–Trinajstić information content (AvgIpc) is 3.07. The summed E-state index contributed by atoms with van der Waals surface area (Å²) in [7, 11) is -4.27. The van der Waals surface area contributed by atoms with Crippen LogP contribution in [0.5, 0.6) is 0 Å². The Balaban J connectivity index is 1.68. The molecule has 0 bridgehead atoms. The van der Waals surface area contributed by atoms with Crippen LogP contribution in [0.1, 0.15) is 11.4 Å². The normalized spacial score (nSPS) is 21.2. The lowest BCUT2D eigenvalue weighted by molar-refractivity contribution is -0.148. The van der Waals surface area contributed by atoms with E-state index in [-0.39, 0.29) is 22.2 Å². The predicted molar refractivity (Wildman–Crippen MR) is 114 cm³/mol. The maximum Gasteiger partial charge on any atom is 0.395 e. The summed E-state index contributed by atoms with van der Waals surface area (Å²) in [6.07, 6.45) is -5.91. The number of aliphatic carboxylic acids is 1. The van der Waals surface area contributed by atoms with Gasteiger partial charge in [-0.2, -0.15) is 21.6 Å². The van der Waals surface area contributed by atoms with Crippen molar-refractivity contribution in [2.24, 2.45) is 0 Å². The molecule has 18 heteroatoms. The Bertz CT molecular complexity index is 1090. The molecule has 3 N–H and O–H groups in total. The molecule has 176 valence electrons. The number of carbonyl (C=O) groups excluding carboxylic acids is 1. The number of carboxylic acid groups (broad SMARTS) is 1. The van der Waals surface area contributed by atoms with Gasteiger partial charge >= 0.3 is 12.1 Å². The van der Waals surface area contributed by atoms with Crippen LogP contribution in [0.25, 0.3) is 0 Å². The Morgan fingerprint density at radius 2 is 2.06 bits per heavy atom. The third-order valence-corrected chi connectivity index (χ3v) is 8.62. The molecule has 3 heterocycles. The van der Waals surface area contributed by atoms with E-state index in [1.54, 1.807) is 0 Å². The topological polar surface area (TPSA) is 150 Å². The maximum absolute atomic E-state index is 12.5. The molecule has 0 spiro atoms. The molecule has 1 aromatic rings. The van der Waals surface area contributed by atoms with E-state index in [2.05, 4.69) is 27.7 Å². The van der Waals surface area contributed by atoms with Crippen molar-refractivity contribution < 1.29 is 40.8 Å². The van der Waals surface area contributed by atoms with E-state index in [1.807, 2.05) is 0 Å². The molecular weight excluding hydrogens is 538 g/mol. The number of rotatable bonds is 8. The second kappa shape index (κ2) is 9.41. The average molecular weight is 551 g/mol. The Labute approximate surface area is 196 Å². The molecule has 1 aromatic heterocycles. The van der Waals surface area contributed by atoms with Crippen LogP contribution in [0, 0.1) is 0 Å². The van der Waals surface area contributed by atoms with E-state index in [4.69, 9.17) is 4.55 Å². The van der Waals surface area contributed by atoms with Gasteiger partial charge in [-0.15, -0.1) is 22.0 Å². The quantitative estimate of drug-likeness (QED) is 0.186. The van der Waals surface area contributed by atoms with Gasteiger partial charge in [0.1, 0.15) is 27.9 Å². The van der Waals surface area contributed by atoms with Gasteiger partial charge in [0, 0.05) is 11.5 Å². The molecule has 10 nitrogen and oxygen atoms in total. The van der Waals surface area contributed by atoms with Crippen LogP contribution < -0.4 is 5.32 Å². The van der Waals surface area contributed by atoms with Crippen molar-refractivity contribution in [1.29, 1.82) is 0 Å². The van der Waals surface area contributed by atoms with Crippen molar-refractivity contribution in [3.8, 4) is 0 Å². The lowest BCUT2D eigenvalue weighted by atomic mass is 10.0. The number of carboxylic acids is 1. The van der Waals surface area contributed by atoms with Crippen LogP contribution in [0.2, 0.25) is 0 Å². The van der Waals surface area contributed by atoms with Crippen molar-refractivity contribution in [2.45, 2.75) is 34.1 Å². The van der Waals surface area contributed by atoms with E-state index >= 15 is 0 Å². The molecule has 32 heavy (non-hydrogen) atoms. The molecule has 0 saturated carbocycles. The Morgan fingerprint density at radius 1 is 1.38 bits per heavy atom. The number of fused-ring (bicyclic) bond motifs is 1.